The lowest BCUT2D eigenvalue weighted by Crippen LogP contribution is -2.26. The zero-order valence-electron chi connectivity index (χ0n) is 12.2. The molecule has 0 radical (unpaired) electrons. The van der Waals surface area contributed by atoms with Crippen molar-refractivity contribution in [2.24, 2.45) is 5.73 Å². The first-order chi connectivity index (χ1) is 10.9. The third-order valence-electron chi connectivity index (χ3n) is 4.29. The molecule has 4 nitrogen and oxygen atoms in total. The molecule has 22 heavy (non-hydrogen) atoms. The summed E-state index contributed by atoms with van der Waals surface area (Å²) < 4.78 is 2.11. The third-order valence-corrected chi connectivity index (χ3v) is 5.27. The van der Waals surface area contributed by atoms with Gasteiger partial charge in [-0.15, -0.1) is 11.3 Å². The highest BCUT2D eigenvalue weighted by molar-refractivity contribution is 7.10. The van der Waals surface area contributed by atoms with Crippen LogP contribution in [0.2, 0.25) is 0 Å². The molecule has 0 amide bonds. The highest BCUT2D eigenvalue weighted by Crippen LogP contribution is 2.37. The van der Waals surface area contributed by atoms with Crippen LogP contribution in [0, 0.1) is 0 Å². The van der Waals surface area contributed by atoms with Crippen LogP contribution >= 0.6 is 11.3 Å². The lowest BCUT2D eigenvalue weighted by Gasteiger charge is -2.27. The summed E-state index contributed by atoms with van der Waals surface area (Å²) in [6.45, 7) is 0.629. The van der Waals surface area contributed by atoms with E-state index >= 15 is 0 Å². The molecule has 2 N–H and O–H groups in total. The molecule has 0 fully saturated rings. The van der Waals surface area contributed by atoms with Crippen molar-refractivity contribution in [2.45, 2.75) is 24.8 Å². The minimum atomic E-state index is 0.294. The first-order valence-corrected chi connectivity index (χ1v) is 8.50. The zero-order valence-corrected chi connectivity index (χ0v) is 13.0. The molecule has 0 bridgehead atoms. The Balaban J connectivity index is 1.81. The number of thiophene rings is 1. The molecule has 2 atom stereocenters. The maximum Gasteiger partial charge on any atom is 0.181 e. The number of hydrogen-bond acceptors (Lipinski definition) is 4. The van der Waals surface area contributed by atoms with Gasteiger partial charge in [0.25, 0.3) is 0 Å². The summed E-state index contributed by atoms with van der Waals surface area (Å²) >= 11 is 1.79. The Labute approximate surface area is 133 Å². The Hall–Kier alpha value is -1.98. The van der Waals surface area contributed by atoms with Crippen molar-refractivity contribution in [2.75, 3.05) is 6.54 Å². The van der Waals surface area contributed by atoms with Gasteiger partial charge in [0, 0.05) is 22.9 Å². The van der Waals surface area contributed by atoms with Crippen LogP contribution in [-0.4, -0.2) is 21.3 Å². The highest BCUT2D eigenvalue weighted by Gasteiger charge is 2.31. The van der Waals surface area contributed by atoms with Gasteiger partial charge in [0.05, 0.1) is 6.04 Å². The van der Waals surface area contributed by atoms with Crippen LogP contribution in [0.1, 0.15) is 35.5 Å². The second-order valence-corrected chi connectivity index (χ2v) is 6.62. The van der Waals surface area contributed by atoms with Crippen molar-refractivity contribution in [1.29, 1.82) is 0 Å². The smallest absolute Gasteiger partial charge is 0.181 e. The predicted molar refractivity (Wildman–Crippen MR) is 88.9 cm³/mol. The number of hydrogen-bond donors (Lipinski definition) is 1. The van der Waals surface area contributed by atoms with E-state index in [1.165, 1.54) is 4.88 Å². The molecule has 2 unspecified atom stereocenters. The monoisotopic (exact) mass is 310 g/mol. The van der Waals surface area contributed by atoms with Gasteiger partial charge in [0.2, 0.25) is 0 Å². The molecular weight excluding hydrogens is 292 g/mol. The van der Waals surface area contributed by atoms with Crippen molar-refractivity contribution in [3.05, 3.63) is 58.5 Å². The SMILES string of the molecule is NCC1CCC(c2cccs2)n2nc(-c3ccccc3)nc21. The van der Waals surface area contributed by atoms with Crippen LogP contribution < -0.4 is 5.73 Å². The molecule has 4 rings (SSSR count). The third kappa shape index (κ3) is 2.26. The molecule has 112 valence electrons. The molecule has 1 aliphatic heterocycles. The Kier molecular flexibility index (Phi) is 3.52. The maximum absolute atomic E-state index is 5.95. The first-order valence-electron chi connectivity index (χ1n) is 7.62. The Morgan fingerprint density at radius 1 is 1.14 bits per heavy atom. The molecule has 0 saturated carbocycles. The van der Waals surface area contributed by atoms with Crippen molar-refractivity contribution in [1.82, 2.24) is 14.8 Å². The summed E-state index contributed by atoms with van der Waals surface area (Å²) in [4.78, 5) is 6.16. The summed E-state index contributed by atoms with van der Waals surface area (Å²) in [5.41, 5.74) is 7.01. The summed E-state index contributed by atoms with van der Waals surface area (Å²) in [5, 5.41) is 6.94. The average Bonchev–Trinajstić information content (AvgIpc) is 3.24. The van der Waals surface area contributed by atoms with E-state index in [9.17, 15) is 0 Å². The molecule has 2 aromatic heterocycles. The standard InChI is InChI=1S/C17H18N4S/c18-11-13-8-9-14(15-7-4-10-22-15)21-17(13)19-16(20-21)12-5-2-1-3-6-12/h1-7,10,13-14H,8-9,11,18H2. The first kappa shape index (κ1) is 13.7. The number of rotatable bonds is 3. The average molecular weight is 310 g/mol. The molecule has 0 saturated heterocycles. The van der Waals surface area contributed by atoms with E-state index in [1.54, 1.807) is 11.3 Å². The minimum absolute atomic E-state index is 0.294. The van der Waals surface area contributed by atoms with E-state index < -0.39 is 0 Å². The fraction of sp³-hybridized carbons (Fsp3) is 0.294. The van der Waals surface area contributed by atoms with E-state index in [2.05, 4.69) is 34.3 Å². The number of benzene rings is 1. The molecule has 1 aromatic carbocycles. The van der Waals surface area contributed by atoms with Gasteiger partial charge in [-0.3, -0.25) is 0 Å². The van der Waals surface area contributed by atoms with Crippen LogP contribution in [0.5, 0.6) is 0 Å². The molecule has 0 spiro atoms. The Morgan fingerprint density at radius 3 is 2.73 bits per heavy atom. The number of nitrogens with two attached hydrogens (primary N) is 1. The lowest BCUT2D eigenvalue weighted by molar-refractivity contribution is 0.372. The van der Waals surface area contributed by atoms with Crippen LogP contribution in [0.25, 0.3) is 11.4 Å². The molecule has 3 aromatic rings. The van der Waals surface area contributed by atoms with E-state index in [-0.39, 0.29) is 0 Å². The van der Waals surface area contributed by atoms with Crippen molar-refractivity contribution >= 4 is 11.3 Å². The summed E-state index contributed by atoms with van der Waals surface area (Å²) in [6.07, 6.45) is 2.15. The van der Waals surface area contributed by atoms with Gasteiger partial charge in [-0.25, -0.2) is 9.67 Å². The van der Waals surface area contributed by atoms with Crippen molar-refractivity contribution in [3.63, 3.8) is 0 Å². The Morgan fingerprint density at radius 2 is 2.00 bits per heavy atom. The second-order valence-electron chi connectivity index (χ2n) is 5.65. The quantitative estimate of drug-likeness (QED) is 0.806. The van der Waals surface area contributed by atoms with Gasteiger partial charge in [-0.2, -0.15) is 5.10 Å². The maximum atomic E-state index is 5.95. The number of nitrogens with zero attached hydrogens (tertiary/aromatic N) is 3. The van der Waals surface area contributed by atoms with Gasteiger partial charge < -0.3 is 5.73 Å². The predicted octanol–water partition coefficient (Wildman–Crippen LogP) is 3.43. The fourth-order valence-corrected chi connectivity index (χ4v) is 3.98. The largest absolute Gasteiger partial charge is 0.330 e. The Bertz CT molecular complexity index is 748. The van der Waals surface area contributed by atoms with Crippen LogP contribution in [0.4, 0.5) is 0 Å². The summed E-state index contributed by atoms with van der Waals surface area (Å²) in [5.74, 6) is 2.14. The second kappa shape index (κ2) is 5.66. The van der Waals surface area contributed by atoms with Gasteiger partial charge in [0.1, 0.15) is 5.82 Å². The van der Waals surface area contributed by atoms with Crippen LogP contribution in [0.3, 0.4) is 0 Å². The summed E-state index contributed by atoms with van der Waals surface area (Å²) in [6, 6.07) is 14.7. The van der Waals surface area contributed by atoms with Gasteiger partial charge in [0.15, 0.2) is 5.82 Å². The lowest BCUT2D eigenvalue weighted by atomic mass is 9.94. The number of fused-ring (bicyclic) bond motifs is 1. The number of aromatic nitrogens is 3. The van der Waals surface area contributed by atoms with Gasteiger partial charge >= 0.3 is 0 Å². The van der Waals surface area contributed by atoms with Crippen LogP contribution in [-0.2, 0) is 0 Å². The minimum Gasteiger partial charge on any atom is -0.330 e. The topological polar surface area (TPSA) is 56.7 Å². The molecule has 1 aliphatic rings. The normalized spacial score (nSPS) is 20.8. The van der Waals surface area contributed by atoms with E-state index in [4.69, 9.17) is 15.8 Å². The fourth-order valence-electron chi connectivity index (χ4n) is 3.13. The summed E-state index contributed by atoms with van der Waals surface area (Å²) in [7, 11) is 0. The molecule has 3 heterocycles. The van der Waals surface area contributed by atoms with E-state index in [0.29, 0.717) is 18.5 Å². The van der Waals surface area contributed by atoms with Gasteiger partial charge in [-0.1, -0.05) is 36.4 Å². The van der Waals surface area contributed by atoms with E-state index in [0.717, 1.165) is 30.1 Å². The molecular formula is C17H18N4S. The van der Waals surface area contributed by atoms with Crippen molar-refractivity contribution < 1.29 is 0 Å². The van der Waals surface area contributed by atoms with Crippen molar-refractivity contribution in [3.8, 4) is 11.4 Å². The molecule has 5 heteroatoms. The molecule has 0 aliphatic carbocycles. The van der Waals surface area contributed by atoms with E-state index in [1.807, 2.05) is 18.2 Å². The van der Waals surface area contributed by atoms with Gasteiger partial charge in [-0.05, 0) is 24.3 Å². The van der Waals surface area contributed by atoms with Crippen LogP contribution in [0.15, 0.2) is 47.8 Å². The zero-order chi connectivity index (χ0) is 14.9. The highest BCUT2D eigenvalue weighted by atomic mass is 32.1.